The second kappa shape index (κ2) is 12.6. The molecule has 1 fully saturated rings. The quantitative estimate of drug-likeness (QED) is 0.117. The molecule has 1 aromatic heterocycles. The normalized spacial score (nSPS) is 23.2. The number of aromatic amines is 1. The lowest BCUT2D eigenvalue weighted by Gasteiger charge is -2.19. The van der Waals surface area contributed by atoms with Crippen molar-refractivity contribution in [3.8, 4) is 24.2 Å². The number of aliphatic hydroxyl groups excluding tert-OH is 1. The van der Waals surface area contributed by atoms with E-state index < -0.39 is 59.8 Å². The SMILES string of the molecule is C#CCCCCC#Cc1cn([C@H]2C[C@H](O)[C@@H](COP(=O)(O)OP(=O)(O)OP(=O)(O)O)O2)c(=O)[nH]c1=O. The van der Waals surface area contributed by atoms with E-state index in [1.807, 2.05) is 0 Å². The van der Waals surface area contributed by atoms with Crippen LogP contribution in [0, 0.1) is 24.2 Å². The first-order valence-electron chi connectivity index (χ1n) is 10.0. The van der Waals surface area contributed by atoms with E-state index >= 15 is 0 Å². The number of phosphoric acid groups is 3. The van der Waals surface area contributed by atoms with E-state index in [4.69, 9.17) is 25.8 Å². The molecule has 0 spiro atoms. The number of H-pyrrole nitrogens is 1. The Balaban J connectivity index is 2.06. The van der Waals surface area contributed by atoms with E-state index in [-0.39, 0.29) is 12.0 Å². The van der Waals surface area contributed by atoms with E-state index in [9.17, 15) is 33.3 Å². The van der Waals surface area contributed by atoms with Crippen LogP contribution in [0.4, 0.5) is 0 Å². The molecule has 19 heteroatoms. The Hall–Kier alpha value is -1.87. The lowest BCUT2D eigenvalue weighted by Crippen LogP contribution is -2.33. The number of ether oxygens (including phenoxy) is 1. The molecule has 1 saturated heterocycles. The van der Waals surface area contributed by atoms with Crippen LogP contribution in [-0.4, -0.2) is 53.0 Å². The Bertz CT molecular complexity index is 1300. The van der Waals surface area contributed by atoms with Crippen molar-refractivity contribution in [3.05, 3.63) is 32.6 Å². The van der Waals surface area contributed by atoms with Gasteiger partial charge in [0.05, 0.1) is 12.7 Å². The van der Waals surface area contributed by atoms with Gasteiger partial charge in [0.25, 0.3) is 5.56 Å². The third kappa shape index (κ3) is 9.88. The predicted octanol–water partition coefficient (Wildman–Crippen LogP) is 0.0734. The minimum Gasteiger partial charge on any atom is -0.390 e. The highest BCUT2D eigenvalue weighted by Crippen LogP contribution is 2.66. The summed E-state index contributed by atoms with van der Waals surface area (Å²) in [6.07, 6.45) is 4.70. The first-order chi connectivity index (χ1) is 16.6. The number of terminal acetylenes is 1. The first-order valence-corrected chi connectivity index (χ1v) is 14.5. The summed E-state index contributed by atoms with van der Waals surface area (Å²) in [4.78, 5) is 62.1. The fraction of sp³-hybridized carbons (Fsp3) is 0.529. The van der Waals surface area contributed by atoms with Crippen LogP contribution in [0.25, 0.3) is 0 Å². The summed E-state index contributed by atoms with van der Waals surface area (Å²) >= 11 is 0. The van der Waals surface area contributed by atoms with Crippen LogP contribution in [0.5, 0.6) is 0 Å². The molecule has 2 unspecified atom stereocenters. The Labute approximate surface area is 203 Å². The molecule has 200 valence electrons. The minimum atomic E-state index is -5.71. The summed E-state index contributed by atoms with van der Waals surface area (Å²) in [7, 11) is -16.7. The van der Waals surface area contributed by atoms with Crippen molar-refractivity contribution in [2.75, 3.05) is 6.61 Å². The molecule has 0 aliphatic carbocycles. The van der Waals surface area contributed by atoms with Crippen molar-refractivity contribution in [3.63, 3.8) is 0 Å². The predicted molar refractivity (Wildman–Crippen MR) is 120 cm³/mol. The van der Waals surface area contributed by atoms with Gasteiger partial charge in [-0.15, -0.1) is 12.3 Å². The van der Waals surface area contributed by atoms with E-state index in [2.05, 4.69) is 35.9 Å². The minimum absolute atomic E-state index is 0.0543. The van der Waals surface area contributed by atoms with Crippen LogP contribution in [0.1, 0.15) is 43.9 Å². The largest absolute Gasteiger partial charge is 0.490 e. The van der Waals surface area contributed by atoms with E-state index in [0.717, 1.165) is 17.2 Å². The Morgan fingerprint density at radius 3 is 2.42 bits per heavy atom. The van der Waals surface area contributed by atoms with Gasteiger partial charge in [0.15, 0.2) is 0 Å². The number of phosphoric ester groups is 1. The van der Waals surface area contributed by atoms with Crippen molar-refractivity contribution in [1.29, 1.82) is 0 Å². The molecule has 16 nitrogen and oxygen atoms in total. The lowest BCUT2D eigenvalue weighted by atomic mass is 10.2. The van der Waals surface area contributed by atoms with Crippen molar-refractivity contribution in [1.82, 2.24) is 9.55 Å². The summed E-state index contributed by atoms with van der Waals surface area (Å²) in [6.45, 7) is -0.913. The zero-order chi connectivity index (χ0) is 27.1. The highest BCUT2D eigenvalue weighted by atomic mass is 31.3. The molecule has 1 aliphatic heterocycles. The Kier molecular flexibility index (Phi) is 10.6. The number of aliphatic hydroxyl groups is 1. The van der Waals surface area contributed by atoms with Gasteiger partial charge in [-0.25, -0.2) is 18.5 Å². The highest BCUT2D eigenvalue weighted by Gasteiger charge is 2.43. The third-order valence-corrected chi connectivity index (χ3v) is 8.20. The number of hydrogen-bond donors (Lipinski definition) is 6. The van der Waals surface area contributed by atoms with Gasteiger partial charge < -0.3 is 29.4 Å². The molecule has 0 radical (unpaired) electrons. The summed E-state index contributed by atoms with van der Waals surface area (Å²) < 4.78 is 51.9. The average Bonchev–Trinajstić information content (AvgIpc) is 3.08. The Morgan fingerprint density at radius 2 is 1.78 bits per heavy atom. The van der Waals surface area contributed by atoms with Gasteiger partial charge >= 0.3 is 29.2 Å². The van der Waals surface area contributed by atoms with Crippen molar-refractivity contribution >= 4 is 23.5 Å². The van der Waals surface area contributed by atoms with E-state index in [0.29, 0.717) is 19.3 Å². The molecule has 0 saturated carbocycles. The van der Waals surface area contributed by atoms with Crippen LogP contribution in [0.3, 0.4) is 0 Å². The average molecular weight is 572 g/mol. The summed E-state index contributed by atoms with van der Waals surface area (Å²) in [5.41, 5.74) is -1.68. The molecule has 0 bridgehead atoms. The smallest absolute Gasteiger partial charge is 0.390 e. The summed E-state index contributed by atoms with van der Waals surface area (Å²) in [5, 5.41) is 10.2. The van der Waals surface area contributed by atoms with Gasteiger partial charge in [-0.1, -0.05) is 11.8 Å². The van der Waals surface area contributed by atoms with Gasteiger partial charge in [-0.05, 0) is 12.8 Å². The molecular weight excluding hydrogens is 549 g/mol. The lowest BCUT2D eigenvalue weighted by molar-refractivity contribution is -0.0450. The van der Waals surface area contributed by atoms with Gasteiger partial charge in [0.1, 0.15) is 17.9 Å². The summed E-state index contributed by atoms with van der Waals surface area (Å²) in [6, 6.07) is 0. The van der Waals surface area contributed by atoms with Crippen molar-refractivity contribution in [2.24, 2.45) is 0 Å². The molecule has 6 N–H and O–H groups in total. The molecule has 0 aromatic carbocycles. The Morgan fingerprint density at radius 1 is 1.11 bits per heavy atom. The standard InChI is InChI=1S/C17H23N2O14P3/c1-2-3-4-5-6-7-8-12-10-19(17(22)18-16(12)21)15-9-13(20)14(31-15)11-30-35(26,27)33-36(28,29)32-34(23,24)25/h1,10,13-15,20H,3-6,9,11H2,(H,26,27)(H,28,29)(H,18,21,22)(H2,23,24,25)/t13-,14+,15+/m0/s1. The van der Waals surface area contributed by atoms with Crippen LogP contribution < -0.4 is 11.2 Å². The highest BCUT2D eigenvalue weighted by molar-refractivity contribution is 7.66. The number of aromatic nitrogens is 2. The van der Waals surface area contributed by atoms with Gasteiger partial charge in [0, 0.05) is 25.5 Å². The number of unbranched alkanes of at least 4 members (excludes halogenated alkanes) is 3. The number of rotatable bonds is 11. The molecule has 36 heavy (non-hydrogen) atoms. The van der Waals surface area contributed by atoms with Gasteiger partial charge in [-0.2, -0.15) is 8.62 Å². The maximum Gasteiger partial charge on any atom is 0.490 e. The zero-order valence-electron chi connectivity index (χ0n) is 18.3. The third-order valence-electron chi connectivity index (χ3n) is 4.40. The van der Waals surface area contributed by atoms with Gasteiger partial charge in [0.2, 0.25) is 0 Å². The van der Waals surface area contributed by atoms with Crippen molar-refractivity contribution in [2.45, 2.75) is 50.5 Å². The van der Waals surface area contributed by atoms with Gasteiger partial charge in [-0.3, -0.25) is 18.9 Å². The number of nitrogens with zero attached hydrogens (tertiary/aromatic N) is 1. The fourth-order valence-electron chi connectivity index (χ4n) is 2.89. The van der Waals surface area contributed by atoms with Crippen LogP contribution in [0.2, 0.25) is 0 Å². The second-order valence-electron chi connectivity index (χ2n) is 7.24. The topological polar surface area (TPSA) is 244 Å². The summed E-state index contributed by atoms with van der Waals surface area (Å²) in [5.74, 6) is 7.91. The van der Waals surface area contributed by atoms with Crippen LogP contribution in [-0.2, 0) is 31.6 Å². The molecule has 1 aromatic rings. The maximum absolute atomic E-state index is 12.2. The molecule has 2 heterocycles. The molecular formula is C17H23N2O14P3. The van der Waals surface area contributed by atoms with E-state index in [1.54, 1.807) is 0 Å². The molecule has 1 aliphatic rings. The molecule has 5 atom stereocenters. The maximum atomic E-state index is 12.2. The molecule has 0 amide bonds. The second-order valence-corrected chi connectivity index (χ2v) is 11.7. The first kappa shape index (κ1) is 30.4. The monoisotopic (exact) mass is 572 g/mol. The zero-order valence-corrected chi connectivity index (χ0v) is 21.0. The van der Waals surface area contributed by atoms with Crippen LogP contribution in [0.15, 0.2) is 15.8 Å². The number of hydrogen-bond acceptors (Lipinski definition) is 10. The van der Waals surface area contributed by atoms with Crippen molar-refractivity contribution < 1.29 is 56.3 Å². The van der Waals surface area contributed by atoms with E-state index in [1.165, 1.54) is 0 Å². The molecule has 2 rings (SSSR count). The van der Waals surface area contributed by atoms with Crippen LogP contribution >= 0.6 is 23.5 Å². The fourth-order valence-corrected chi connectivity index (χ4v) is 5.92. The number of nitrogens with one attached hydrogen (secondary N) is 1.